The molecular formula is C42H54N2O5. The fraction of sp³-hybridized carbons (Fsp3) is 0.381. The van der Waals surface area contributed by atoms with Gasteiger partial charge in [0, 0.05) is 47.5 Å². The monoisotopic (exact) mass is 666 g/mol. The fourth-order valence-corrected chi connectivity index (χ4v) is 5.54. The zero-order chi connectivity index (χ0) is 36.3. The average molecular weight is 667 g/mol. The van der Waals surface area contributed by atoms with Gasteiger partial charge in [0.15, 0.2) is 17.7 Å². The summed E-state index contributed by atoms with van der Waals surface area (Å²) in [5.74, 6) is 1.22. The van der Waals surface area contributed by atoms with E-state index < -0.39 is 6.09 Å². The molecule has 5 rings (SSSR count). The van der Waals surface area contributed by atoms with Crippen molar-refractivity contribution in [1.29, 1.82) is 0 Å². The highest BCUT2D eigenvalue weighted by Crippen LogP contribution is 2.29. The van der Waals surface area contributed by atoms with Gasteiger partial charge in [0.25, 0.3) is 0 Å². The summed E-state index contributed by atoms with van der Waals surface area (Å²) in [6, 6.07) is 23.4. The lowest BCUT2D eigenvalue weighted by atomic mass is 9.91. The number of carbonyl (C=O) groups excluding carboxylic acids is 2. The Hall–Kier alpha value is -4.78. The Morgan fingerprint density at radius 1 is 0.939 bits per heavy atom. The largest absolute Gasteiger partial charge is 0.483 e. The molecule has 0 saturated heterocycles. The van der Waals surface area contributed by atoms with Crippen molar-refractivity contribution >= 4 is 29.1 Å². The van der Waals surface area contributed by atoms with Crippen LogP contribution in [-0.4, -0.2) is 34.6 Å². The Balaban J connectivity index is 0.000000366. The molecule has 2 N–H and O–H groups in total. The third-order valence-corrected chi connectivity index (χ3v) is 7.87. The summed E-state index contributed by atoms with van der Waals surface area (Å²) in [6.07, 6.45) is 5.04. The average Bonchev–Trinajstić information content (AvgIpc) is 3.10. The van der Waals surface area contributed by atoms with E-state index in [1.165, 1.54) is 5.56 Å². The van der Waals surface area contributed by atoms with Gasteiger partial charge >= 0.3 is 6.09 Å². The van der Waals surface area contributed by atoms with Crippen LogP contribution in [0.1, 0.15) is 103 Å². The molecule has 1 amide bonds. The molecule has 262 valence electrons. The first-order valence-electron chi connectivity index (χ1n) is 17.6. The van der Waals surface area contributed by atoms with Crippen LogP contribution in [-0.2, 0) is 16.0 Å². The van der Waals surface area contributed by atoms with Gasteiger partial charge in [0.1, 0.15) is 5.75 Å². The molecular weight excluding hydrogens is 612 g/mol. The van der Waals surface area contributed by atoms with Crippen molar-refractivity contribution in [2.75, 3.05) is 0 Å². The number of nitrogens with zero attached hydrogens (tertiary/aromatic N) is 1. The van der Waals surface area contributed by atoms with E-state index >= 15 is 0 Å². The number of ether oxygens (including phenoxy) is 1. The Kier molecular flexibility index (Phi) is 17.5. The van der Waals surface area contributed by atoms with Crippen LogP contribution in [0.4, 0.5) is 4.79 Å². The highest BCUT2D eigenvalue weighted by Gasteiger charge is 2.24. The van der Waals surface area contributed by atoms with Crippen LogP contribution < -0.4 is 10.1 Å². The second-order valence-electron chi connectivity index (χ2n) is 11.6. The van der Waals surface area contributed by atoms with Crippen LogP contribution in [0, 0.1) is 6.92 Å². The van der Waals surface area contributed by atoms with Gasteiger partial charge in [-0.05, 0) is 68.4 Å². The van der Waals surface area contributed by atoms with Crippen molar-refractivity contribution in [2.45, 2.75) is 106 Å². The summed E-state index contributed by atoms with van der Waals surface area (Å²) in [4.78, 5) is 39.7. The zero-order valence-electron chi connectivity index (χ0n) is 30.4. The molecule has 3 aromatic carbocycles. The van der Waals surface area contributed by atoms with Crippen LogP contribution in [0.2, 0.25) is 0 Å². The number of allylic oxidation sites excluding steroid dienone is 2. The maximum atomic E-state index is 12.6. The predicted octanol–water partition coefficient (Wildman–Crippen LogP) is 10.6. The van der Waals surface area contributed by atoms with Crippen molar-refractivity contribution in [3.8, 4) is 16.9 Å². The number of hydrogen-bond donors (Lipinski definition) is 2. The number of ketones is 2. The highest BCUT2D eigenvalue weighted by molar-refractivity contribution is 6.11. The number of carboxylic acid groups (broad SMARTS) is 1. The van der Waals surface area contributed by atoms with Gasteiger partial charge in [-0.1, -0.05) is 114 Å². The molecule has 7 nitrogen and oxygen atoms in total. The van der Waals surface area contributed by atoms with E-state index in [0.717, 1.165) is 77.1 Å². The maximum Gasteiger partial charge on any atom is 0.409 e. The van der Waals surface area contributed by atoms with Crippen LogP contribution in [0.3, 0.4) is 0 Å². The number of amides is 1. The number of hydrogen-bond acceptors (Lipinski definition) is 5. The van der Waals surface area contributed by atoms with Crippen molar-refractivity contribution in [2.24, 2.45) is 4.99 Å². The van der Waals surface area contributed by atoms with E-state index in [-0.39, 0.29) is 17.7 Å². The van der Waals surface area contributed by atoms with E-state index in [0.29, 0.717) is 25.0 Å². The summed E-state index contributed by atoms with van der Waals surface area (Å²) in [7, 11) is 0. The number of aryl methyl sites for hydroxylation is 1. The molecule has 1 fully saturated rings. The van der Waals surface area contributed by atoms with Crippen LogP contribution >= 0.6 is 0 Å². The fourth-order valence-electron chi connectivity index (χ4n) is 5.54. The van der Waals surface area contributed by atoms with E-state index in [1.54, 1.807) is 0 Å². The lowest BCUT2D eigenvalue weighted by Gasteiger charge is -2.21. The van der Waals surface area contributed by atoms with Crippen molar-refractivity contribution in [1.82, 2.24) is 5.32 Å². The zero-order valence-corrected chi connectivity index (χ0v) is 30.4. The lowest BCUT2D eigenvalue weighted by Crippen LogP contribution is -2.30. The minimum atomic E-state index is -1.14. The van der Waals surface area contributed by atoms with Crippen molar-refractivity contribution in [3.63, 3.8) is 0 Å². The molecule has 0 radical (unpaired) electrons. The number of nitrogens with one attached hydrogen (secondary N) is 1. The summed E-state index contributed by atoms with van der Waals surface area (Å²) in [5, 5.41) is 11.3. The quantitative estimate of drug-likeness (QED) is 0.236. The van der Waals surface area contributed by atoms with Crippen LogP contribution in [0.15, 0.2) is 95.6 Å². The predicted molar refractivity (Wildman–Crippen MR) is 202 cm³/mol. The number of aliphatic imine (C=N–C) groups is 1. The molecule has 3 aromatic rings. The summed E-state index contributed by atoms with van der Waals surface area (Å²) >= 11 is 0. The number of rotatable bonds is 9. The first kappa shape index (κ1) is 40.4. The van der Waals surface area contributed by atoms with E-state index in [2.05, 4.69) is 23.8 Å². The lowest BCUT2D eigenvalue weighted by molar-refractivity contribution is -0.127. The first-order valence-corrected chi connectivity index (χ1v) is 17.6. The third-order valence-electron chi connectivity index (χ3n) is 7.87. The molecule has 1 aliphatic carbocycles. The smallest absolute Gasteiger partial charge is 0.409 e. The second kappa shape index (κ2) is 21.2. The normalized spacial score (nSPS) is 15.2. The Labute approximate surface area is 293 Å². The molecule has 1 unspecified atom stereocenters. The molecule has 49 heavy (non-hydrogen) atoms. The topological polar surface area (TPSA) is 105 Å². The second-order valence-corrected chi connectivity index (χ2v) is 11.6. The van der Waals surface area contributed by atoms with Crippen LogP contribution in [0.5, 0.6) is 5.75 Å². The minimum Gasteiger partial charge on any atom is -0.483 e. The van der Waals surface area contributed by atoms with Gasteiger partial charge in [-0.15, -0.1) is 0 Å². The van der Waals surface area contributed by atoms with E-state index in [4.69, 9.17) is 9.84 Å². The van der Waals surface area contributed by atoms with E-state index in [1.807, 2.05) is 114 Å². The summed E-state index contributed by atoms with van der Waals surface area (Å²) in [6.45, 7) is 17.9. The van der Waals surface area contributed by atoms with Crippen molar-refractivity contribution in [3.05, 3.63) is 107 Å². The van der Waals surface area contributed by atoms with Gasteiger partial charge in [0.2, 0.25) is 0 Å². The molecule has 0 spiro atoms. The van der Waals surface area contributed by atoms with Gasteiger partial charge in [-0.2, -0.15) is 0 Å². The molecule has 0 bridgehead atoms. The number of carbonyl (C=O) groups is 3. The van der Waals surface area contributed by atoms with Crippen LogP contribution in [0.25, 0.3) is 16.8 Å². The molecule has 1 heterocycles. The van der Waals surface area contributed by atoms with Gasteiger partial charge in [0.05, 0.1) is 0 Å². The Bertz CT molecular complexity index is 1600. The minimum absolute atomic E-state index is 0.163. The molecule has 7 heteroatoms. The van der Waals surface area contributed by atoms with Crippen molar-refractivity contribution < 1.29 is 24.2 Å². The number of Topliss-reactive ketones (excluding diaryl/α,β-unsaturated/α-hetero) is 2. The third kappa shape index (κ3) is 12.6. The standard InChI is InChI=1S/C25H26N2O3.C13H16O2.2C2H6/c1-4-7-23-22(24(28)14-16(2)26-23)15-18-10-12-19(13-11-18)21-9-6-5-8-20(21)17(3)27-25(29)30;1-10-6-8-11(9-7-10)15-13-5-3-2-4-12(13)14;2*1-2/h5-6,8-13,27H,3-4,7,14-15H2,1-2H3,(H,29,30);6-9,13H,2-5H2,1H3;2*1-2H3. The maximum absolute atomic E-state index is 12.6. The van der Waals surface area contributed by atoms with Gasteiger partial charge in [-0.3, -0.25) is 19.9 Å². The molecule has 2 aliphatic rings. The Morgan fingerprint density at radius 3 is 2.20 bits per heavy atom. The Morgan fingerprint density at radius 2 is 1.59 bits per heavy atom. The molecule has 0 aromatic heterocycles. The molecule has 1 atom stereocenters. The SMILES string of the molecule is C=C(NC(=O)O)c1ccccc1-c1ccc(CC2=C(CCC)N=C(C)CC2=O)cc1.CC.CC.Cc1ccc(OC2CCCCC2=O)cc1. The highest BCUT2D eigenvalue weighted by atomic mass is 16.5. The summed E-state index contributed by atoms with van der Waals surface area (Å²) < 4.78 is 5.67. The van der Waals surface area contributed by atoms with E-state index in [9.17, 15) is 14.4 Å². The molecule has 1 aliphatic heterocycles. The summed E-state index contributed by atoms with van der Waals surface area (Å²) in [5.41, 5.74) is 7.77. The van der Waals surface area contributed by atoms with Gasteiger partial charge in [-0.25, -0.2) is 4.79 Å². The first-order chi connectivity index (χ1) is 23.6. The molecule has 1 saturated carbocycles. The number of benzene rings is 3. The van der Waals surface area contributed by atoms with Gasteiger partial charge < -0.3 is 9.84 Å².